The van der Waals surface area contributed by atoms with E-state index in [0.717, 1.165) is 24.2 Å². The van der Waals surface area contributed by atoms with Crippen molar-refractivity contribution in [2.24, 2.45) is 0 Å². The fraction of sp³-hybridized carbons (Fsp3) is 0.360. The molecule has 0 saturated carbocycles. The maximum absolute atomic E-state index is 13.0. The summed E-state index contributed by atoms with van der Waals surface area (Å²) in [5, 5.41) is 23.4. The summed E-state index contributed by atoms with van der Waals surface area (Å²) in [6, 6.07) is 3.72. The van der Waals surface area contributed by atoms with Crippen molar-refractivity contribution >= 4 is 17.2 Å². The number of hydrogen-bond donors (Lipinski definition) is 3. The second-order valence-electron chi connectivity index (χ2n) is 9.89. The zero-order valence-corrected chi connectivity index (χ0v) is 20.6. The lowest BCUT2D eigenvalue weighted by atomic mass is 9.97. The summed E-state index contributed by atoms with van der Waals surface area (Å²) in [6.45, 7) is 6.54. The van der Waals surface area contributed by atoms with Crippen molar-refractivity contribution in [3.63, 3.8) is 0 Å². The fourth-order valence-electron chi connectivity index (χ4n) is 3.66. The van der Waals surface area contributed by atoms with Crippen LogP contribution < -0.4 is 5.32 Å². The van der Waals surface area contributed by atoms with Crippen molar-refractivity contribution in [1.29, 1.82) is 0 Å². The van der Waals surface area contributed by atoms with E-state index in [1.165, 1.54) is 6.07 Å². The van der Waals surface area contributed by atoms with Gasteiger partial charge in [0.1, 0.15) is 17.6 Å². The number of hydrogen-bond acceptors (Lipinski definition) is 7. The highest BCUT2D eigenvalue weighted by atomic mass is 19.4. The normalized spacial score (nSPS) is 12.8. The highest BCUT2D eigenvalue weighted by Gasteiger charge is 2.33. The Morgan fingerprint density at radius 3 is 2.49 bits per heavy atom. The Bertz CT molecular complexity index is 1450. The molecule has 0 saturated heterocycles. The summed E-state index contributed by atoms with van der Waals surface area (Å²) in [7, 11) is 0. The van der Waals surface area contributed by atoms with E-state index in [0.29, 0.717) is 24.1 Å². The number of aliphatic hydroxyl groups is 2. The highest BCUT2D eigenvalue weighted by molar-refractivity contribution is 6.03. The topological polar surface area (TPSA) is 126 Å². The molecule has 196 valence electrons. The van der Waals surface area contributed by atoms with E-state index in [4.69, 9.17) is 4.42 Å². The molecular formula is C25H26F3N5O4. The summed E-state index contributed by atoms with van der Waals surface area (Å²) in [4.78, 5) is 24.8. The van der Waals surface area contributed by atoms with Gasteiger partial charge in [0.05, 0.1) is 22.6 Å². The third-order valence-corrected chi connectivity index (χ3v) is 5.58. The first-order valence-corrected chi connectivity index (χ1v) is 11.4. The van der Waals surface area contributed by atoms with Gasteiger partial charge < -0.3 is 24.3 Å². The minimum atomic E-state index is -4.64. The van der Waals surface area contributed by atoms with Crippen LogP contribution in [0.2, 0.25) is 0 Å². The van der Waals surface area contributed by atoms with Gasteiger partial charge in [0.2, 0.25) is 5.89 Å². The number of pyridine rings is 2. The molecule has 0 bridgehead atoms. The van der Waals surface area contributed by atoms with Crippen LogP contribution in [0.3, 0.4) is 0 Å². The van der Waals surface area contributed by atoms with Crippen LogP contribution in [-0.4, -0.2) is 41.1 Å². The van der Waals surface area contributed by atoms with E-state index < -0.39 is 29.0 Å². The Morgan fingerprint density at radius 1 is 1.11 bits per heavy atom. The van der Waals surface area contributed by atoms with Crippen molar-refractivity contribution in [2.75, 3.05) is 5.32 Å². The Labute approximate surface area is 210 Å². The number of aromatic nitrogens is 4. The second-order valence-corrected chi connectivity index (χ2v) is 9.89. The van der Waals surface area contributed by atoms with Gasteiger partial charge in [-0.15, -0.1) is 0 Å². The molecule has 0 aliphatic rings. The number of aryl methyl sites for hydroxylation is 1. The molecule has 3 N–H and O–H groups in total. The fourth-order valence-corrected chi connectivity index (χ4v) is 3.66. The van der Waals surface area contributed by atoms with Gasteiger partial charge in [-0.1, -0.05) is 0 Å². The summed E-state index contributed by atoms with van der Waals surface area (Å²) >= 11 is 0. The summed E-state index contributed by atoms with van der Waals surface area (Å²) in [6.07, 6.45) is 1.75. The maximum atomic E-state index is 13.0. The monoisotopic (exact) mass is 517 g/mol. The first-order chi connectivity index (χ1) is 17.1. The van der Waals surface area contributed by atoms with Crippen LogP contribution in [0, 0.1) is 0 Å². The Kier molecular flexibility index (Phi) is 6.59. The summed E-state index contributed by atoms with van der Waals surface area (Å²) in [5.74, 6) is -0.866. The number of amides is 1. The average Bonchev–Trinajstić information content (AvgIpc) is 3.42. The van der Waals surface area contributed by atoms with E-state index in [9.17, 15) is 28.2 Å². The van der Waals surface area contributed by atoms with Gasteiger partial charge in [-0.05, 0) is 58.7 Å². The number of rotatable bonds is 7. The minimum Gasteiger partial charge on any atom is -0.444 e. The molecule has 0 fully saturated rings. The van der Waals surface area contributed by atoms with Crippen LogP contribution in [0.5, 0.6) is 0 Å². The number of anilines is 1. The van der Waals surface area contributed by atoms with Crippen LogP contribution in [0.25, 0.3) is 17.1 Å². The van der Waals surface area contributed by atoms with Gasteiger partial charge in [0.15, 0.2) is 5.69 Å². The molecule has 4 rings (SSSR count). The number of imidazole rings is 1. The average molecular weight is 518 g/mol. The number of alkyl halides is 3. The van der Waals surface area contributed by atoms with Crippen molar-refractivity contribution in [2.45, 2.75) is 57.9 Å². The lowest BCUT2D eigenvalue weighted by Crippen LogP contribution is -2.21. The van der Waals surface area contributed by atoms with Crippen molar-refractivity contribution < 1.29 is 32.6 Å². The van der Waals surface area contributed by atoms with Gasteiger partial charge in [-0.3, -0.25) is 9.78 Å². The van der Waals surface area contributed by atoms with Crippen LogP contribution in [0.15, 0.2) is 47.5 Å². The first kappa shape index (κ1) is 26.3. The molecule has 1 amide bonds. The molecule has 0 aliphatic heterocycles. The number of halogens is 3. The molecule has 0 unspecified atom stereocenters. The molecule has 4 heterocycles. The van der Waals surface area contributed by atoms with Crippen LogP contribution in [0.1, 0.15) is 61.6 Å². The molecule has 0 aromatic carbocycles. The first-order valence-electron chi connectivity index (χ1n) is 11.4. The van der Waals surface area contributed by atoms with E-state index in [2.05, 4.69) is 20.3 Å². The molecule has 4 aromatic rings. The Hall–Kier alpha value is -3.77. The molecule has 0 aliphatic carbocycles. The van der Waals surface area contributed by atoms with Gasteiger partial charge in [-0.2, -0.15) is 13.2 Å². The molecular weight excluding hydrogens is 491 g/mol. The number of oxazole rings is 1. The zero-order chi connectivity index (χ0) is 27.2. The molecule has 0 atom stereocenters. The summed E-state index contributed by atoms with van der Waals surface area (Å²) < 4.78 is 45.9. The van der Waals surface area contributed by atoms with Crippen molar-refractivity contribution in [3.05, 3.63) is 65.7 Å². The Balaban J connectivity index is 1.62. The molecule has 0 spiro atoms. The number of nitrogens with zero attached hydrogens (tertiary/aromatic N) is 4. The van der Waals surface area contributed by atoms with Gasteiger partial charge in [-0.25, -0.2) is 9.97 Å². The van der Waals surface area contributed by atoms with Crippen LogP contribution in [-0.2, 0) is 18.2 Å². The summed E-state index contributed by atoms with van der Waals surface area (Å²) in [5.41, 5.74) is -1.52. The van der Waals surface area contributed by atoms with Gasteiger partial charge >= 0.3 is 6.18 Å². The van der Waals surface area contributed by atoms with E-state index in [-0.39, 0.29) is 22.8 Å². The largest absolute Gasteiger partial charge is 0.444 e. The van der Waals surface area contributed by atoms with Crippen LogP contribution >= 0.6 is 0 Å². The Morgan fingerprint density at radius 2 is 1.84 bits per heavy atom. The molecule has 4 aromatic heterocycles. The predicted octanol–water partition coefficient (Wildman–Crippen LogP) is 4.59. The second kappa shape index (κ2) is 9.27. The van der Waals surface area contributed by atoms with Crippen molar-refractivity contribution in [3.8, 4) is 11.5 Å². The minimum absolute atomic E-state index is 0.0111. The predicted molar refractivity (Wildman–Crippen MR) is 128 cm³/mol. The smallest absolute Gasteiger partial charge is 0.433 e. The molecule has 0 radical (unpaired) electrons. The van der Waals surface area contributed by atoms with Crippen molar-refractivity contribution in [1.82, 2.24) is 19.4 Å². The van der Waals surface area contributed by atoms with E-state index >= 15 is 0 Å². The van der Waals surface area contributed by atoms with E-state index in [1.807, 2.05) is 0 Å². The van der Waals surface area contributed by atoms with Gasteiger partial charge in [0.25, 0.3) is 5.91 Å². The van der Waals surface area contributed by atoms with E-state index in [1.54, 1.807) is 50.6 Å². The standard InChI is InChI=1S/C25H26F3N5O4/c1-23(2,35)7-5-15-11-33-12-17(16(24(3,4)36)10-20(33)30-15)31-21(34)18-13-37-22(32-18)14-6-8-29-19(9-14)25(26,27)28/h6,8-13,35-36H,5,7H2,1-4H3,(H,31,34). The lowest BCUT2D eigenvalue weighted by molar-refractivity contribution is -0.141. The number of carbonyl (C=O) groups excluding carboxylic acids is 1. The third-order valence-electron chi connectivity index (χ3n) is 5.58. The lowest BCUT2D eigenvalue weighted by Gasteiger charge is -2.22. The number of nitrogens with one attached hydrogen (secondary N) is 1. The molecule has 9 nitrogen and oxygen atoms in total. The SMILES string of the molecule is CC(C)(O)CCc1cn2cc(NC(=O)c3coc(-c4ccnc(C(F)(F)F)c4)n3)c(C(C)(C)O)cc2n1. The molecule has 12 heteroatoms. The number of carbonyl (C=O) groups is 1. The number of fused-ring (bicyclic) bond motifs is 1. The van der Waals surface area contributed by atoms with Crippen LogP contribution in [0.4, 0.5) is 18.9 Å². The molecule has 37 heavy (non-hydrogen) atoms. The maximum Gasteiger partial charge on any atom is 0.433 e. The third kappa shape index (κ3) is 6.15. The van der Waals surface area contributed by atoms with Gasteiger partial charge in [0, 0.05) is 29.7 Å². The zero-order valence-electron chi connectivity index (χ0n) is 20.6. The highest BCUT2D eigenvalue weighted by Crippen LogP contribution is 2.32. The quantitative estimate of drug-likeness (QED) is 0.327.